The van der Waals surface area contributed by atoms with Crippen molar-refractivity contribution in [3.63, 3.8) is 0 Å². The molecular weight excluding hydrogens is 448 g/mol. The van der Waals surface area contributed by atoms with Crippen LogP contribution < -0.4 is 9.60 Å². The van der Waals surface area contributed by atoms with Crippen molar-refractivity contribution in [2.45, 2.75) is 23.3 Å². The topological polar surface area (TPSA) is 68.2 Å². The highest BCUT2D eigenvalue weighted by molar-refractivity contribution is 7.99. The predicted molar refractivity (Wildman–Crippen MR) is 129 cm³/mol. The lowest BCUT2D eigenvalue weighted by atomic mass is 10.2. The lowest BCUT2D eigenvalue weighted by Gasteiger charge is -2.08. The number of thiazole rings is 1. The first-order valence-electron chi connectivity index (χ1n) is 9.79. The van der Waals surface area contributed by atoms with Crippen molar-refractivity contribution in [1.82, 2.24) is 9.29 Å². The Morgan fingerprint density at radius 2 is 1.74 bits per heavy atom. The first-order valence-corrected chi connectivity index (χ1v) is 13.1. The molecule has 0 saturated heterocycles. The molecular formula is C23H22N2O3S3. The highest BCUT2D eigenvalue weighted by atomic mass is 32.2. The number of hydrogen-bond donors (Lipinski definition) is 1. The van der Waals surface area contributed by atoms with Gasteiger partial charge in [0.25, 0.3) is 0 Å². The van der Waals surface area contributed by atoms with Crippen LogP contribution in [0.25, 0.3) is 10.2 Å². The summed E-state index contributed by atoms with van der Waals surface area (Å²) in [6.07, 6.45) is 0. The fourth-order valence-electron chi connectivity index (χ4n) is 3.19. The van der Waals surface area contributed by atoms with E-state index in [4.69, 9.17) is 0 Å². The number of sulfonamides is 1. The molecule has 8 heteroatoms. The van der Waals surface area contributed by atoms with E-state index in [-0.39, 0.29) is 9.77 Å². The summed E-state index contributed by atoms with van der Waals surface area (Å²) in [5, 5.41) is 0. The average molecular weight is 471 g/mol. The number of aryl methyl sites for hydroxylation is 1. The van der Waals surface area contributed by atoms with Gasteiger partial charge in [-0.25, -0.2) is 13.1 Å². The Bertz CT molecular complexity index is 1340. The van der Waals surface area contributed by atoms with Crippen LogP contribution in [0.1, 0.15) is 11.1 Å². The summed E-state index contributed by atoms with van der Waals surface area (Å²) >= 11 is 2.67. The van der Waals surface area contributed by atoms with Crippen LogP contribution in [0.15, 0.2) is 87.4 Å². The molecule has 0 aliphatic heterocycles. The van der Waals surface area contributed by atoms with Crippen molar-refractivity contribution in [3.05, 3.63) is 93.6 Å². The van der Waals surface area contributed by atoms with Crippen molar-refractivity contribution in [2.75, 3.05) is 12.3 Å². The number of aromatic nitrogens is 1. The summed E-state index contributed by atoms with van der Waals surface area (Å²) in [7, 11) is -3.64. The van der Waals surface area contributed by atoms with E-state index < -0.39 is 10.0 Å². The third-order valence-corrected chi connectivity index (χ3v) is 8.23. The van der Waals surface area contributed by atoms with E-state index in [2.05, 4.69) is 4.72 Å². The summed E-state index contributed by atoms with van der Waals surface area (Å²) in [6.45, 7) is 2.82. The molecule has 31 heavy (non-hydrogen) atoms. The molecule has 1 N–H and O–H groups in total. The molecule has 4 aromatic rings. The molecule has 0 aliphatic carbocycles. The molecule has 160 valence electrons. The molecule has 0 radical (unpaired) electrons. The molecule has 0 amide bonds. The van der Waals surface area contributed by atoms with Crippen LogP contribution in [0.2, 0.25) is 0 Å². The summed E-state index contributed by atoms with van der Waals surface area (Å²) in [5.74, 6) is 0.630. The maximum atomic E-state index is 12.7. The van der Waals surface area contributed by atoms with Crippen molar-refractivity contribution >= 4 is 43.3 Å². The smallest absolute Gasteiger partial charge is 0.294 e. The van der Waals surface area contributed by atoms with Crippen LogP contribution in [-0.2, 0) is 16.6 Å². The van der Waals surface area contributed by atoms with Gasteiger partial charge in [-0.3, -0.25) is 9.36 Å². The molecule has 1 aromatic heterocycles. The zero-order chi connectivity index (χ0) is 21.8. The van der Waals surface area contributed by atoms with Gasteiger partial charge in [0.2, 0.25) is 10.0 Å². The Hall–Kier alpha value is -2.39. The SMILES string of the molecule is Cc1ccc(SCCNS(=O)(=O)c2ccc3c(c2)sc(=O)n3Cc2ccccc2)cc1. The third kappa shape index (κ3) is 5.27. The van der Waals surface area contributed by atoms with Gasteiger partial charge in [-0.05, 0) is 42.8 Å². The van der Waals surface area contributed by atoms with Gasteiger partial charge in [-0.1, -0.05) is 59.4 Å². The minimum Gasteiger partial charge on any atom is -0.294 e. The standard InChI is InChI=1S/C23H22N2O3S3/c1-17-7-9-19(10-8-17)29-14-13-24-31(27,28)20-11-12-21-22(15-20)30-23(26)25(21)16-18-5-3-2-4-6-18/h2-12,15,24H,13-14,16H2,1H3. The molecule has 0 fully saturated rings. The normalized spacial score (nSPS) is 11.8. The minimum atomic E-state index is -3.64. The van der Waals surface area contributed by atoms with Gasteiger partial charge in [0, 0.05) is 17.2 Å². The Morgan fingerprint density at radius 3 is 2.48 bits per heavy atom. The molecule has 0 atom stereocenters. The lowest BCUT2D eigenvalue weighted by molar-refractivity contribution is 0.584. The number of thioether (sulfide) groups is 1. The van der Waals surface area contributed by atoms with E-state index in [1.165, 1.54) is 5.56 Å². The first-order chi connectivity index (χ1) is 14.9. The monoisotopic (exact) mass is 470 g/mol. The number of rotatable bonds is 8. The van der Waals surface area contributed by atoms with Crippen LogP contribution in [0.3, 0.4) is 0 Å². The molecule has 0 bridgehead atoms. The van der Waals surface area contributed by atoms with Crippen molar-refractivity contribution in [3.8, 4) is 0 Å². The fraction of sp³-hybridized carbons (Fsp3) is 0.174. The molecule has 5 nitrogen and oxygen atoms in total. The maximum Gasteiger partial charge on any atom is 0.308 e. The second-order valence-corrected chi connectivity index (χ2v) is 11.1. The third-order valence-electron chi connectivity index (χ3n) is 4.82. The van der Waals surface area contributed by atoms with Crippen LogP contribution in [0.4, 0.5) is 0 Å². The molecule has 1 heterocycles. The number of hydrogen-bond acceptors (Lipinski definition) is 5. The highest BCUT2D eigenvalue weighted by Crippen LogP contribution is 2.23. The molecule has 0 unspecified atom stereocenters. The van der Waals surface area contributed by atoms with Crippen LogP contribution in [0, 0.1) is 6.92 Å². The van der Waals surface area contributed by atoms with Gasteiger partial charge in [-0.2, -0.15) is 0 Å². The number of fused-ring (bicyclic) bond motifs is 1. The average Bonchev–Trinajstić information content (AvgIpc) is 3.07. The van der Waals surface area contributed by atoms with Gasteiger partial charge < -0.3 is 0 Å². The van der Waals surface area contributed by atoms with E-state index in [1.54, 1.807) is 34.5 Å². The Balaban J connectivity index is 1.45. The van der Waals surface area contributed by atoms with Gasteiger partial charge in [0.1, 0.15) is 0 Å². The Morgan fingerprint density at radius 1 is 1.00 bits per heavy atom. The molecule has 0 saturated carbocycles. The zero-order valence-corrected chi connectivity index (χ0v) is 19.4. The second kappa shape index (κ2) is 9.40. The minimum absolute atomic E-state index is 0.101. The van der Waals surface area contributed by atoms with E-state index >= 15 is 0 Å². The lowest BCUT2D eigenvalue weighted by Crippen LogP contribution is -2.26. The quantitative estimate of drug-likeness (QED) is 0.304. The van der Waals surface area contributed by atoms with Crippen LogP contribution >= 0.6 is 23.1 Å². The fourth-order valence-corrected chi connectivity index (χ4v) is 6.15. The van der Waals surface area contributed by atoms with Gasteiger partial charge >= 0.3 is 4.87 Å². The van der Waals surface area contributed by atoms with Crippen molar-refractivity contribution in [2.24, 2.45) is 0 Å². The zero-order valence-electron chi connectivity index (χ0n) is 16.9. The number of nitrogens with one attached hydrogen (secondary N) is 1. The summed E-state index contributed by atoms with van der Waals surface area (Å²) in [5.41, 5.74) is 2.96. The van der Waals surface area contributed by atoms with E-state index in [9.17, 15) is 13.2 Å². The van der Waals surface area contributed by atoms with Gasteiger partial charge in [0.15, 0.2) is 0 Å². The van der Waals surface area contributed by atoms with Crippen molar-refractivity contribution in [1.29, 1.82) is 0 Å². The van der Waals surface area contributed by atoms with Crippen LogP contribution in [-0.4, -0.2) is 25.3 Å². The molecule has 0 spiro atoms. The first kappa shape index (κ1) is 21.8. The van der Waals surface area contributed by atoms with E-state index in [1.807, 2.05) is 61.5 Å². The van der Waals surface area contributed by atoms with Gasteiger partial charge in [-0.15, -0.1) is 11.8 Å². The summed E-state index contributed by atoms with van der Waals surface area (Å²) < 4.78 is 30.4. The highest BCUT2D eigenvalue weighted by Gasteiger charge is 2.16. The molecule has 0 aliphatic rings. The van der Waals surface area contributed by atoms with Crippen LogP contribution in [0.5, 0.6) is 0 Å². The van der Waals surface area contributed by atoms with E-state index in [0.717, 1.165) is 27.3 Å². The molecule has 4 rings (SSSR count). The van der Waals surface area contributed by atoms with E-state index in [0.29, 0.717) is 23.5 Å². The van der Waals surface area contributed by atoms with Gasteiger partial charge in [0.05, 0.1) is 21.7 Å². The Kier molecular flexibility index (Phi) is 6.62. The summed E-state index contributed by atoms with van der Waals surface area (Å²) in [6, 6.07) is 22.7. The largest absolute Gasteiger partial charge is 0.308 e. The maximum absolute atomic E-state index is 12.7. The summed E-state index contributed by atoms with van der Waals surface area (Å²) in [4.78, 5) is 13.7. The molecule has 3 aromatic carbocycles. The predicted octanol–water partition coefficient (Wildman–Crippen LogP) is 4.49. The number of nitrogens with zero attached hydrogens (tertiary/aromatic N) is 1. The second-order valence-electron chi connectivity index (χ2n) is 7.13. The van der Waals surface area contributed by atoms with Crippen molar-refractivity contribution < 1.29 is 8.42 Å². The Labute approximate surface area is 189 Å². The number of benzene rings is 3.